The molecular weight excluding hydrogens is 387 g/mol. The van der Waals surface area contributed by atoms with Crippen LogP contribution < -0.4 is 0 Å². The van der Waals surface area contributed by atoms with Gasteiger partial charge in [0.1, 0.15) is 5.82 Å². The highest BCUT2D eigenvalue weighted by atomic mass is 19.4. The summed E-state index contributed by atoms with van der Waals surface area (Å²) in [6, 6.07) is -0.0449. The van der Waals surface area contributed by atoms with Crippen LogP contribution in [0.15, 0.2) is 0 Å². The van der Waals surface area contributed by atoms with Gasteiger partial charge in [-0.05, 0) is 38.5 Å². The first kappa shape index (κ1) is 19.1. The number of hydrogen-bond acceptors (Lipinski definition) is 4. The number of ether oxygens (including phenoxy) is 1. The molecule has 7 nitrogen and oxygen atoms in total. The summed E-state index contributed by atoms with van der Waals surface area (Å²) in [5.74, 6) is 2.66. The van der Waals surface area contributed by atoms with Gasteiger partial charge in [-0.2, -0.15) is 18.3 Å². The van der Waals surface area contributed by atoms with Gasteiger partial charge in [0.2, 0.25) is 0 Å². The number of hydrogen-bond donors (Lipinski definition) is 1. The van der Waals surface area contributed by atoms with Crippen molar-refractivity contribution in [1.29, 1.82) is 0 Å². The van der Waals surface area contributed by atoms with E-state index in [0.29, 0.717) is 38.0 Å². The maximum atomic E-state index is 13.0. The van der Waals surface area contributed by atoms with Crippen LogP contribution in [-0.4, -0.2) is 76.1 Å². The zero-order valence-corrected chi connectivity index (χ0v) is 16.2. The topological polar surface area (TPSA) is 74.4 Å². The molecule has 4 fully saturated rings. The number of piperidine rings is 1. The van der Waals surface area contributed by atoms with Crippen molar-refractivity contribution in [3.05, 3.63) is 11.6 Å². The van der Waals surface area contributed by atoms with Crippen LogP contribution in [0.5, 0.6) is 0 Å². The Balaban J connectivity index is 1.05. The van der Waals surface area contributed by atoms with Crippen molar-refractivity contribution in [2.24, 2.45) is 5.41 Å². The Labute approximate surface area is 167 Å². The Kier molecular flexibility index (Phi) is 4.52. The third kappa shape index (κ3) is 3.71. The summed E-state index contributed by atoms with van der Waals surface area (Å²) in [4.78, 5) is 20.7. The molecule has 2 saturated carbocycles. The molecule has 0 spiro atoms. The highest BCUT2D eigenvalue weighted by Gasteiger charge is 2.63. The Morgan fingerprint density at radius 1 is 1.10 bits per heavy atom. The van der Waals surface area contributed by atoms with Crippen molar-refractivity contribution < 1.29 is 22.7 Å². The van der Waals surface area contributed by atoms with Crippen LogP contribution in [0.25, 0.3) is 0 Å². The molecule has 0 radical (unpaired) electrons. The lowest BCUT2D eigenvalue weighted by Crippen LogP contribution is -2.59. The predicted octanol–water partition coefficient (Wildman–Crippen LogP) is 3.02. The van der Waals surface area contributed by atoms with E-state index in [1.54, 1.807) is 4.90 Å². The van der Waals surface area contributed by atoms with E-state index in [4.69, 9.17) is 4.74 Å². The van der Waals surface area contributed by atoms with Crippen molar-refractivity contribution >= 4 is 6.03 Å². The van der Waals surface area contributed by atoms with Crippen LogP contribution in [0, 0.1) is 5.41 Å². The first-order valence-electron chi connectivity index (χ1n) is 10.5. The molecule has 4 aliphatic rings. The summed E-state index contributed by atoms with van der Waals surface area (Å²) in [6.07, 6.45) is -0.169. The Morgan fingerprint density at radius 2 is 1.79 bits per heavy atom. The first-order valence-corrected chi connectivity index (χ1v) is 10.5. The maximum Gasteiger partial charge on any atom is 0.396 e. The second-order valence-electron chi connectivity index (χ2n) is 9.01. The van der Waals surface area contributed by atoms with E-state index in [0.717, 1.165) is 24.5 Å². The van der Waals surface area contributed by atoms with Crippen LogP contribution in [0.4, 0.5) is 18.0 Å². The number of carbonyl (C=O) groups excluding carboxylic acids is 1. The number of likely N-dealkylation sites (tertiary alicyclic amines) is 2. The molecule has 1 N–H and O–H groups in total. The molecule has 1 aromatic rings. The van der Waals surface area contributed by atoms with Crippen LogP contribution in [0.2, 0.25) is 0 Å². The maximum absolute atomic E-state index is 13.0. The number of nitrogens with zero attached hydrogens (tertiary/aromatic N) is 4. The lowest BCUT2D eigenvalue weighted by atomic mass is 9.96. The van der Waals surface area contributed by atoms with E-state index in [2.05, 4.69) is 15.2 Å². The lowest BCUT2D eigenvalue weighted by molar-refractivity contribution is -0.210. The molecule has 2 amide bonds. The summed E-state index contributed by atoms with van der Waals surface area (Å²) >= 11 is 0. The molecule has 2 aliphatic heterocycles. The molecule has 3 heterocycles. The number of carbonyl (C=O) groups is 1. The number of aromatic nitrogens is 3. The average Bonchev–Trinajstić information content (AvgIpc) is 3.59. The molecule has 10 heteroatoms. The summed E-state index contributed by atoms with van der Waals surface area (Å²) in [5, 5.41) is 7.37. The standard InChI is InChI=1S/C19H26F3N5O2/c20-19(21,22)18(5-6-18)11-29-14-9-27(10-14)17(28)26-7-3-13(4-8-26)16-23-15(24-25-16)12-1-2-12/h12-14H,1-11H2,(H,23,24,25). The molecule has 0 bridgehead atoms. The van der Waals surface area contributed by atoms with Gasteiger partial charge in [-0.15, -0.1) is 0 Å². The minimum Gasteiger partial charge on any atom is -0.374 e. The number of alkyl halides is 3. The minimum atomic E-state index is -4.19. The SMILES string of the molecule is O=C(N1CCC(c2nc(C3CC3)n[nH]2)CC1)N1CC(OCC2(C(F)(F)F)CC2)C1. The summed E-state index contributed by atoms with van der Waals surface area (Å²) in [7, 11) is 0. The van der Waals surface area contributed by atoms with E-state index in [9.17, 15) is 18.0 Å². The fourth-order valence-electron chi connectivity index (χ4n) is 4.18. The quantitative estimate of drug-likeness (QED) is 0.805. The van der Waals surface area contributed by atoms with Crippen LogP contribution >= 0.6 is 0 Å². The Bertz CT molecular complexity index is 760. The normalized spacial score (nSPS) is 25.2. The Morgan fingerprint density at radius 3 is 2.38 bits per heavy atom. The van der Waals surface area contributed by atoms with Crippen molar-refractivity contribution in [2.45, 2.75) is 62.6 Å². The van der Waals surface area contributed by atoms with Gasteiger partial charge in [0.25, 0.3) is 0 Å². The predicted molar refractivity (Wildman–Crippen MR) is 96.3 cm³/mol. The smallest absolute Gasteiger partial charge is 0.374 e. The number of H-pyrrole nitrogens is 1. The highest BCUT2D eigenvalue weighted by Crippen LogP contribution is 2.57. The Hall–Kier alpha value is -1.84. The third-order valence-corrected chi connectivity index (χ3v) is 6.78. The van der Waals surface area contributed by atoms with Gasteiger partial charge >= 0.3 is 12.2 Å². The number of amides is 2. The zero-order chi connectivity index (χ0) is 20.2. The van der Waals surface area contributed by atoms with E-state index in [1.807, 2.05) is 4.90 Å². The van der Waals surface area contributed by atoms with E-state index < -0.39 is 11.6 Å². The molecule has 2 saturated heterocycles. The molecule has 0 unspecified atom stereocenters. The van der Waals surface area contributed by atoms with E-state index in [-0.39, 0.29) is 31.6 Å². The van der Waals surface area contributed by atoms with E-state index in [1.165, 1.54) is 12.8 Å². The second kappa shape index (κ2) is 6.85. The largest absolute Gasteiger partial charge is 0.396 e. The van der Waals surface area contributed by atoms with Crippen molar-refractivity contribution in [3.63, 3.8) is 0 Å². The molecule has 2 aliphatic carbocycles. The van der Waals surface area contributed by atoms with Crippen LogP contribution in [-0.2, 0) is 4.74 Å². The van der Waals surface area contributed by atoms with Gasteiger partial charge in [-0.1, -0.05) is 0 Å². The molecule has 160 valence electrons. The van der Waals surface area contributed by atoms with Gasteiger partial charge in [-0.3, -0.25) is 5.10 Å². The number of nitrogens with one attached hydrogen (secondary N) is 1. The fraction of sp³-hybridized carbons (Fsp3) is 0.842. The van der Waals surface area contributed by atoms with Gasteiger partial charge in [-0.25, -0.2) is 9.78 Å². The number of halogens is 3. The number of rotatable bonds is 5. The molecular formula is C19H26F3N5O2. The molecule has 1 aromatic heterocycles. The van der Waals surface area contributed by atoms with Crippen molar-refractivity contribution in [1.82, 2.24) is 25.0 Å². The van der Waals surface area contributed by atoms with Crippen molar-refractivity contribution in [2.75, 3.05) is 32.8 Å². The average molecular weight is 413 g/mol. The summed E-state index contributed by atoms with van der Waals surface area (Å²) < 4.78 is 44.3. The molecule has 29 heavy (non-hydrogen) atoms. The number of urea groups is 1. The summed E-state index contributed by atoms with van der Waals surface area (Å²) in [5.41, 5.74) is -1.64. The molecule has 0 aromatic carbocycles. The van der Waals surface area contributed by atoms with Gasteiger partial charge < -0.3 is 14.5 Å². The minimum absolute atomic E-state index is 0.0449. The molecule has 5 rings (SSSR count). The first-order chi connectivity index (χ1) is 13.8. The lowest BCUT2D eigenvalue weighted by Gasteiger charge is -2.43. The monoisotopic (exact) mass is 413 g/mol. The highest BCUT2D eigenvalue weighted by molar-refractivity contribution is 5.75. The summed E-state index contributed by atoms with van der Waals surface area (Å²) in [6.45, 7) is 1.78. The number of aromatic amines is 1. The van der Waals surface area contributed by atoms with E-state index >= 15 is 0 Å². The van der Waals surface area contributed by atoms with Gasteiger partial charge in [0.05, 0.1) is 31.2 Å². The van der Waals surface area contributed by atoms with Gasteiger partial charge in [0.15, 0.2) is 5.82 Å². The zero-order valence-electron chi connectivity index (χ0n) is 16.2. The van der Waals surface area contributed by atoms with Crippen LogP contribution in [0.1, 0.15) is 62.0 Å². The fourth-order valence-corrected chi connectivity index (χ4v) is 4.18. The van der Waals surface area contributed by atoms with Gasteiger partial charge in [0, 0.05) is 24.9 Å². The third-order valence-electron chi connectivity index (χ3n) is 6.78. The van der Waals surface area contributed by atoms with Crippen molar-refractivity contribution in [3.8, 4) is 0 Å². The van der Waals surface area contributed by atoms with Crippen LogP contribution in [0.3, 0.4) is 0 Å². The molecule has 0 atom stereocenters. The second-order valence-corrected chi connectivity index (χ2v) is 9.01.